The average Bonchev–Trinajstić information content (AvgIpc) is 2.70. The fraction of sp³-hybridized carbons (Fsp3) is 0.409. The van der Waals surface area contributed by atoms with Gasteiger partial charge in [-0.15, -0.1) is 0 Å². The number of ether oxygens (including phenoxy) is 1. The molecule has 3 rings (SSSR count). The summed E-state index contributed by atoms with van der Waals surface area (Å²) in [6.45, 7) is 6.82. The molecule has 4 nitrogen and oxygen atoms in total. The highest BCUT2D eigenvalue weighted by Gasteiger charge is 2.12. The van der Waals surface area contributed by atoms with Crippen molar-refractivity contribution < 1.29 is 4.74 Å². The van der Waals surface area contributed by atoms with E-state index in [2.05, 4.69) is 39.8 Å². The van der Waals surface area contributed by atoms with Crippen molar-refractivity contribution in [2.75, 3.05) is 25.0 Å². The number of nitrogens with zero attached hydrogens (tertiary/aromatic N) is 1. The Morgan fingerprint density at radius 2 is 1.70 bits per heavy atom. The summed E-state index contributed by atoms with van der Waals surface area (Å²) in [5, 5.41) is 7.20. The monoisotopic (exact) mass is 383 g/mol. The van der Waals surface area contributed by atoms with Crippen molar-refractivity contribution in [1.29, 1.82) is 0 Å². The lowest BCUT2D eigenvalue weighted by Gasteiger charge is -2.27. The van der Waals surface area contributed by atoms with E-state index >= 15 is 0 Å². The van der Waals surface area contributed by atoms with Crippen LogP contribution in [0.1, 0.15) is 37.3 Å². The number of likely N-dealkylation sites (tertiary alicyclic amines) is 1. The normalized spacial score (nSPS) is 14.6. The molecule has 144 valence electrons. The summed E-state index contributed by atoms with van der Waals surface area (Å²) in [5.41, 5.74) is 3.65. The maximum atomic E-state index is 5.47. The van der Waals surface area contributed by atoms with E-state index in [9.17, 15) is 0 Å². The highest BCUT2D eigenvalue weighted by molar-refractivity contribution is 7.80. The molecule has 2 N–H and O–H groups in total. The lowest BCUT2D eigenvalue weighted by Crippen LogP contribution is -2.31. The first-order valence-corrected chi connectivity index (χ1v) is 10.2. The molecule has 2 aromatic rings. The second kappa shape index (κ2) is 10.3. The molecule has 0 spiro atoms. The van der Waals surface area contributed by atoms with E-state index < -0.39 is 0 Å². The van der Waals surface area contributed by atoms with E-state index in [1.165, 1.54) is 43.5 Å². The van der Waals surface area contributed by atoms with Gasteiger partial charge in [0, 0.05) is 18.8 Å². The number of rotatable bonds is 7. The Kier molecular flexibility index (Phi) is 7.48. The maximum Gasteiger partial charge on any atom is 0.171 e. The van der Waals surface area contributed by atoms with Crippen LogP contribution in [0.2, 0.25) is 0 Å². The minimum Gasteiger partial charge on any atom is -0.494 e. The number of thiocarbonyl (C=S) groups is 1. The Hall–Kier alpha value is -2.11. The van der Waals surface area contributed by atoms with Crippen LogP contribution in [0.15, 0.2) is 48.5 Å². The second-order valence-corrected chi connectivity index (χ2v) is 7.28. The molecule has 0 bridgehead atoms. The molecule has 5 heteroatoms. The third kappa shape index (κ3) is 6.22. The Morgan fingerprint density at radius 1 is 1.00 bits per heavy atom. The summed E-state index contributed by atoms with van der Waals surface area (Å²) in [7, 11) is 0. The number of nitrogens with one attached hydrogen (secondary N) is 2. The fourth-order valence-electron chi connectivity index (χ4n) is 3.39. The molecule has 0 saturated carbocycles. The van der Waals surface area contributed by atoms with Crippen molar-refractivity contribution in [1.82, 2.24) is 10.2 Å². The van der Waals surface area contributed by atoms with Crippen LogP contribution in [-0.2, 0) is 13.1 Å². The SMILES string of the molecule is CCOc1ccc(NC(=S)NCc2ccccc2CN2CCCCC2)cc1. The zero-order valence-corrected chi connectivity index (χ0v) is 16.9. The molecule has 0 aromatic heterocycles. The van der Waals surface area contributed by atoms with Gasteiger partial charge in [-0.2, -0.15) is 0 Å². The van der Waals surface area contributed by atoms with Crippen molar-refractivity contribution >= 4 is 23.0 Å². The van der Waals surface area contributed by atoms with Gasteiger partial charge in [0.2, 0.25) is 0 Å². The Balaban J connectivity index is 1.52. The molecular weight excluding hydrogens is 354 g/mol. The number of anilines is 1. The number of hydrogen-bond acceptors (Lipinski definition) is 3. The molecule has 27 heavy (non-hydrogen) atoms. The van der Waals surface area contributed by atoms with E-state index in [4.69, 9.17) is 17.0 Å². The van der Waals surface area contributed by atoms with Crippen LogP contribution in [0.4, 0.5) is 5.69 Å². The summed E-state index contributed by atoms with van der Waals surface area (Å²) < 4.78 is 5.47. The first-order chi connectivity index (χ1) is 13.2. The predicted octanol–water partition coefficient (Wildman–Crippen LogP) is 4.56. The van der Waals surface area contributed by atoms with Gasteiger partial charge in [-0.3, -0.25) is 4.90 Å². The van der Waals surface area contributed by atoms with Crippen LogP contribution < -0.4 is 15.4 Å². The van der Waals surface area contributed by atoms with Crippen molar-refractivity contribution in [3.8, 4) is 5.75 Å². The van der Waals surface area contributed by atoms with E-state index in [1.54, 1.807) is 0 Å². The number of hydrogen-bond donors (Lipinski definition) is 2. The highest BCUT2D eigenvalue weighted by Crippen LogP contribution is 2.17. The van der Waals surface area contributed by atoms with Gasteiger partial charge < -0.3 is 15.4 Å². The molecule has 0 amide bonds. The van der Waals surface area contributed by atoms with E-state index in [0.29, 0.717) is 11.7 Å². The fourth-order valence-corrected chi connectivity index (χ4v) is 3.58. The van der Waals surface area contributed by atoms with Crippen LogP contribution in [0.5, 0.6) is 5.75 Å². The minimum absolute atomic E-state index is 0.631. The van der Waals surface area contributed by atoms with Crippen molar-refractivity contribution in [2.24, 2.45) is 0 Å². The van der Waals surface area contributed by atoms with Gasteiger partial charge in [0.1, 0.15) is 5.75 Å². The summed E-state index contributed by atoms with van der Waals surface area (Å²) in [6, 6.07) is 16.5. The lowest BCUT2D eigenvalue weighted by molar-refractivity contribution is 0.220. The van der Waals surface area contributed by atoms with Gasteiger partial charge in [-0.1, -0.05) is 30.7 Å². The highest BCUT2D eigenvalue weighted by atomic mass is 32.1. The molecular formula is C22H29N3OS. The molecule has 2 aromatic carbocycles. The van der Waals surface area contributed by atoms with Crippen molar-refractivity contribution in [3.05, 3.63) is 59.7 Å². The molecule has 0 aliphatic carbocycles. The average molecular weight is 384 g/mol. The summed E-state index contributed by atoms with van der Waals surface area (Å²) in [6.07, 6.45) is 4.00. The molecule has 0 atom stereocenters. The van der Waals surface area contributed by atoms with Gasteiger partial charge in [0.25, 0.3) is 0 Å². The third-order valence-electron chi connectivity index (χ3n) is 4.82. The first-order valence-electron chi connectivity index (χ1n) is 9.81. The molecule has 1 aliphatic heterocycles. The molecule has 1 aliphatic rings. The Morgan fingerprint density at radius 3 is 2.41 bits per heavy atom. The number of piperidine rings is 1. The Labute approximate surface area is 167 Å². The standard InChI is InChI=1S/C22H29N3OS/c1-2-26-21-12-10-20(11-13-21)24-22(27)23-16-18-8-4-5-9-19(18)17-25-14-6-3-7-15-25/h4-5,8-13H,2-3,6-7,14-17H2,1H3,(H2,23,24,27). The van der Waals surface area contributed by atoms with Gasteiger partial charge in [-0.25, -0.2) is 0 Å². The molecule has 1 saturated heterocycles. The lowest BCUT2D eigenvalue weighted by atomic mass is 10.0. The van der Waals surface area contributed by atoms with E-state index in [0.717, 1.165) is 24.5 Å². The zero-order valence-electron chi connectivity index (χ0n) is 16.0. The van der Waals surface area contributed by atoms with Crippen LogP contribution in [0, 0.1) is 0 Å². The van der Waals surface area contributed by atoms with Crippen LogP contribution in [0.3, 0.4) is 0 Å². The Bertz CT molecular complexity index is 727. The molecule has 1 heterocycles. The van der Waals surface area contributed by atoms with Crippen molar-refractivity contribution in [2.45, 2.75) is 39.3 Å². The zero-order chi connectivity index (χ0) is 18.9. The van der Waals surface area contributed by atoms with Gasteiger partial charge in [0.05, 0.1) is 6.61 Å². The van der Waals surface area contributed by atoms with Gasteiger partial charge in [0.15, 0.2) is 5.11 Å². The van der Waals surface area contributed by atoms with Crippen LogP contribution in [-0.4, -0.2) is 29.7 Å². The predicted molar refractivity (Wildman–Crippen MR) is 116 cm³/mol. The van der Waals surface area contributed by atoms with Crippen molar-refractivity contribution in [3.63, 3.8) is 0 Å². The van der Waals surface area contributed by atoms with Gasteiger partial charge >= 0.3 is 0 Å². The smallest absolute Gasteiger partial charge is 0.171 e. The van der Waals surface area contributed by atoms with E-state index in [-0.39, 0.29) is 0 Å². The molecule has 0 radical (unpaired) electrons. The van der Waals surface area contributed by atoms with E-state index in [1.807, 2.05) is 31.2 Å². The first kappa shape index (κ1) is 19.6. The largest absolute Gasteiger partial charge is 0.494 e. The quantitative estimate of drug-likeness (QED) is 0.686. The molecule has 0 unspecified atom stereocenters. The molecule has 1 fully saturated rings. The number of benzene rings is 2. The summed E-state index contributed by atoms with van der Waals surface area (Å²) >= 11 is 5.46. The summed E-state index contributed by atoms with van der Waals surface area (Å²) in [5.74, 6) is 0.869. The topological polar surface area (TPSA) is 36.5 Å². The third-order valence-corrected chi connectivity index (χ3v) is 5.07. The van der Waals surface area contributed by atoms with Crippen LogP contribution >= 0.6 is 12.2 Å². The second-order valence-electron chi connectivity index (χ2n) is 6.87. The summed E-state index contributed by atoms with van der Waals surface area (Å²) in [4.78, 5) is 2.55. The maximum absolute atomic E-state index is 5.47. The van der Waals surface area contributed by atoms with Crippen LogP contribution in [0.25, 0.3) is 0 Å². The minimum atomic E-state index is 0.631. The van der Waals surface area contributed by atoms with Gasteiger partial charge in [-0.05, 0) is 80.5 Å².